The summed E-state index contributed by atoms with van der Waals surface area (Å²) in [5.41, 5.74) is 0.179. The van der Waals surface area contributed by atoms with Crippen molar-refractivity contribution in [2.45, 2.75) is 89.8 Å². The molecular weight excluding hydrogens is 198 g/mol. The zero-order chi connectivity index (χ0) is 12.0. The first-order valence-corrected chi connectivity index (χ1v) is 7.01. The summed E-state index contributed by atoms with van der Waals surface area (Å²) in [5.74, 6) is 0. The molecule has 1 aliphatic rings. The van der Waals surface area contributed by atoms with Crippen LogP contribution in [0.4, 0.5) is 0 Å². The molecule has 16 heavy (non-hydrogen) atoms. The largest absolute Gasteiger partial charge is 0.392 e. The Hall–Kier alpha value is -0.0800. The molecule has 1 aliphatic carbocycles. The zero-order valence-electron chi connectivity index (χ0n) is 11.3. The van der Waals surface area contributed by atoms with Crippen LogP contribution in [0.1, 0.15) is 72.1 Å². The van der Waals surface area contributed by atoms with E-state index in [0.29, 0.717) is 6.04 Å². The number of rotatable bonds is 6. The standard InChI is InChI=1S/C14H29NO/c1-4-5-8-11-14(2,3)15-12-9-6-7-10-13(12)16/h12-13,15-16H,4-11H2,1-3H3. The van der Waals surface area contributed by atoms with Crippen LogP contribution in [0, 0.1) is 0 Å². The molecule has 0 aromatic rings. The van der Waals surface area contributed by atoms with Gasteiger partial charge in [0.25, 0.3) is 0 Å². The summed E-state index contributed by atoms with van der Waals surface area (Å²) in [6.45, 7) is 6.78. The SMILES string of the molecule is CCCCCC(C)(C)NC1CCCCC1O. The number of unbranched alkanes of at least 4 members (excludes halogenated alkanes) is 2. The fourth-order valence-electron chi connectivity index (χ4n) is 2.67. The second kappa shape index (κ2) is 6.61. The third-order valence-electron chi connectivity index (χ3n) is 3.71. The van der Waals surface area contributed by atoms with E-state index in [0.717, 1.165) is 12.8 Å². The van der Waals surface area contributed by atoms with Crippen LogP contribution in [0.2, 0.25) is 0 Å². The molecule has 0 radical (unpaired) electrons. The van der Waals surface area contributed by atoms with E-state index in [4.69, 9.17) is 0 Å². The van der Waals surface area contributed by atoms with Crippen LogP contribution in [0.5, 0.6) is 0 Å². The molecule has 1 saturated carbocycles. The van der Waals surface area contributed by atoms with Crippen molar-refractivity contribution in [2.75, 3.05) is 0 Å². The maximum absolute atomic E-state index is 9.94. The van der Waals surface area contributed by atoms with E-state index in [1.54, 1.807) is 0 Å². The number of aliphatic hydroxyl groups excluding tert-OH is 1. The van der Waals surface area contributed by atoms with Gasteiger partial charge in [-0.2, -0.15) is 0 Å². The van der Waals surface area contributed by atoms with E-state index in [9.17, 15) is 5.11 Å². The normalized spacial score (nSPS) is 27.0. The highest BCUT2D eigenvalue weighted by Crippen LogP contribution is 2.22. The summed E-state index contributed by atoms with van der Waals surface area (Å²) in [4.78, 5) is 0. The van der Waals surface area contributed by atoms with Gasteiger partial charge in [-0.25, -0.2) is 0 Å². The van der Waals surface area contributed by atoms with Crippen molar-refractivity contribution in [3.05, 3.63) is 0 Å². The molecule has 0 aliphatic heterocycles. The van der Waals surface area contributed by atoms with E-state index in [1.165, 1.54) is 38.5 Å². The summed E-state index contributed by atoms with van der Waals surface area (Å²) in [6.07, 6.45) is 9.54. The molecule has 1 fully saturated rings. The van der Waals surface area contributed by atoms with Gasteiger partial charge in [-0.05, 0) is 33.1 Å². The van der Waals surface area contributed by atoms with Gasteiger partial charge >= 0.3 is 0 Å². The van der Waals surface area contributed by atoms with Gasteiger partial charge in [-0.3, -0.25) is 0 Å². The first-order chi connectivity index (χ1) is 7.55. The molecule has 0 saturated heterocycles. The van der Waals surface area contributed by atoms with E-state index in [-0.39, 0.29) is 11.6 Å². The molecule has 96 valence electrons. The number of aliphatic hydroxyl groups is 1. The molecule has 0 amide bonds. The predicted octanol–water partition coefficient (Wildman–Crippen LogP) is 3.24. The Balaban J connectivity index is 2.31. The quantitative estimate of drug-likeness (QED) is 0.683. The predicted molar refractivity (Wildman–Crippen MR) is 69.6 cm³/mol. The van der Waals surface area contributed by atoms with Crippen LogP contribution in [0.25, 0.3) is 0 Å². The van der Waals surface area contributed by atoms with Crippen LogP contribution in [-0.4, -0.2) is 22.8 Å². The maximum atomic E-state index is 9.94. The minimum Gasteiger partial charge on any atom is -0.392 e. The number of hydrogen-bond acceptors (Lipinski definition) is 2. The molecule has 2 N–H and O–H groups in total. The number of nitrogens with one attached hydrogen (secondary N) is 1. The van der Waals surface area contributed by atoms with Crippen LogP contribution in [-0.2, 0) is 0 Å². The molecular formula is C14H29NO. The lowest BCUT2D eigenvalue weighted by atomic mass is 9.88. The molecule has 0 aromatic carbocycles. The Bertz CT molecular complexity index is 191. The van der Waals surface area contributed by atoms with E-state index in [1.807, 2.05) is 0 Å². The van der Waals surface area contributed by atoms with Gasteiger partial charge < -0.3 is 10.4 Å². The van der Waals surface area contributed by atoms with Crippen molar-refractivity contribution in [1.29, 1.82) is 0 Å². The van der Waals surface area contributed by atoms with Crippen molar-refractivity contribution < 1.29 is 5.11 Å². The average molecular weight is 227 g/mol. The van der Waals surface area contributed by atoms with E-state index in [2.05, 4.69) is 26.1 Å². The second-order valence-corrected chi connectivity index (χ2v) is 5.94. The Morgan fingerprint density at radius 3 is 2.50 bits per heavy atom. The number of hydrogen-bond donors (Lipinski definition) is 2. The summed E-state index contributed by atoms with van der Waals surface area (Å²) >= 11 is 0. The van der Waals surface area contributed by atoms with Gasteiger partial charge in [-0.1, -0.05) is 39.0 Å². The Morgan fingerprint density at radius 1 is 1.19 bits per heavy atom. The Morgan fingerprint density at radius 2 is 1.88 bits per heavy atom. The smallest absolute Gasteiger partial charge is 0.0693 e. The minimum atomic E-state index is -0.126. The molecule has 2 nitrogen and oxygen atoms in total. The Labute approximate surface area is 101 Å². The fourth-order valence-corrected chi connectivity index (χ4v) is 2.67. The first kappa shape index (κ1) is 14.0. The molecule has 0 aromatic heterocycles. The van der Waals surface area contributed by atoms with Gasteiger partial charge in [0.2, 0.25) is 0 Å². The van der Waals surface area contributed by atoms with Crippen LogP contribution in [0.15, 0.2) is 0 Å². The van der Waals surface area contributed by atoms with Gasteiger partial charge in [0.15, 0.2) is 0 Å². The van der Waals surface area contributed by atoms with Gasteiger partial charge in [-0.15, -0.1) is 0 Å². The maximum Gasteiger partial charge on any atom is 0.0693 e. The van der Waals surface area contributed by atoms with Crippen molar-refractivity contribution in [2.24, 2.45) is 0 Å². The summed E-state index contributed by atoms with van der Waals surface area (Å²) < 4.78 is 0. The topological polar surface area (TPSA) is 32.3 Å². The van der Waals surface area contributed by atoms with Crippen molar-refractivity contribution in [3.8, 4) is 0 Å². The monoisotopic (exact) mass is 227 g/mol. The highest BCUT2D eigenvalue weighted by Gasteiger charge is 2.28. The molecule has 1 rings (SSSR count). The van der Waals surface area contributed by atoms with Gasteiger partial charge in [0.05, 0.1) is 6.10 Å². The van der Waals surface area contributed by atoms with Crippen molar-refractivity contribution in [1.82, 2.24) is 5.32 Å². The minimum absolute atomic E-state index is 0.126. The lowest BCUT2D eigenvalue weighted by molar-refractivity contribution is 0.0741. The van der Waals surface area contributed by atoms with E-state index >= 15 is 0 Å². The molecule has 2 unspecified atom stereocenters. The fraction of sp³-hybridized carbons (Fsp3) is 1.00. The van der Waals surface area contributed by atoms with Crippen LogP contribution in [0.3, 0.4) is 0 Å². The van der Waals surface area contributed by atoms with Crippen LogP contribution >= 0.6 is 0 Å². The summed E-state index contributed by atoms with van der Waals surface area (Å²) in [6, 6.07) is 0.324. The summed E-state index contributed by atoms with van der Waals surface area (Å²) in [7, 11) is 0. The molecule has 2 heteroatoms. The van der Waals surface area contributed by atoms with Crippen molar-refractivity contribution >= 4 is 0 Å². The first-order valence-electron chi connectivity index (χ1n) is 7.01. The molecule has 0 spiro atoms. The average Bonchev–Trinajstić information content (AvgIpc) is 2.21. The third kappa shape index (κ3) is 4.84. The second-order valence-electron chi connectivity index (χ2n) is 5.94. The lowest BCUT2D eigenvalue weighted by Crippen LogP contribution is -2.52. The Kier molecular flexibility index (Phi) is 5.77. The molecule has 0 bridgehead atoms. The third-order valence-corrected chi connectivity index (χ3v) is 3.71. The van der Waals surface area contributed by atoms with E-state index < -0.39 is 0 Å². The zero-order valence-corrected chi connectivity index (χ0v) is 11.3. The van der Waals surface area contributed by atoms with Crippen molar-refractivity contribution in [3.63, 3.8) is 0 Å². The molecule has 0 heterocycles. The molecule has 2 atom stereocenters. The lowest BCUT2D eigenvalue weighted by Gasteiger charge is -2.36. The highest BCUT2D eigenvalue weighted by atomic mass is 16.3. The van der Waals surface area contributed by atoms with Gasteiger partial charge in [0.1, 0.15) is 0 Å². The van der Waals surface area contributed by atoms with Crippen LogP contribution < -0.4 is 5.32 Å². The van der Waals surface area contributed by atoms with Gasteiger partial charge in [0, 0.05) is 11.6 Å². The summed E-state index contributed by atoms with van der Waals surface area (Å²) in [5, 5.41) is 13.6. The highest BCUT2D eigenvalue weighted by molar-refractivity contribution is 4.88.